The minimum atomic E-state index is 0.756. The van der Waals surface area contributed by atoms with Crippen LogP contribution in [0.1, 0.15) is 83.6 Å². The lowest BCUT2D eigenvalue weighted by Gasteiger charge is -2.11. The van der Waals surface area contributed by atoms with E-state index in [1.807, 2.05) is 36.7 Å². The van der Waals surface area contributed by atoms with E-state index >= 15 is 0 Å². The van der Waals surface area contributed by atoms with E-state index in [4.69, 9.17) is 4.74 Å². The van der Waals surface area contributed by atoms with Crippen LogP contribution in [0.3, 0.4) is 0 Å². The molecule has 1 heterocycles. The molecule has 0 spiro atoms. The van der Waals surface area contributed by atoms with E-state index in [1.54, 1.807) is 0 Å². The quantitative estimate of drug-likeness (QED) is 0.336. The molecule has 2 aromatic rings. The maximum Gasteiger partial charge on any atom is 0.162 e. The van der Waals surface area contributed by atoms with Crippen molar-refractivity contribution in [3.05, 3.63) is 42.2 Å². The van der Waals surface area contributed by atoms with Gasteiger partial charge in [-0.3, -0.25) is 0 Å². The number of hydrogen-bond donors (Lipinski definition) is 0. The van der Waals surface area contributed by atoms with E-state index < -0.39 is 0 Å². The Morgan fingerprint density at radius 3 is 2.07 bits per heavy atom. The van der Waals surface area contributed by atoms with Crippen molar-refractivity contribution >= 4 is 0 Å². The van der Waals surface area contributed by atoms with Crippen LogP contribution in [0.2, 0.25) is 0 Å². The van der Waals surface area contributed by atoms with E-state index in [2.05, 4.69) is 23.8 Å². The number of aryl methyl sites for hydroxylation is 1. The van der Waals surface area contributed by atoms with Crippen LogP contribution in [0.4, 0.5) is 0 Å². The largest absolute Gasteiger partial charge is 0.493 e. The molecule has 3 heteroatoms. The van der Waals surface area contributed by atoms with Crippen molar-refractivity contribution in [2.75, 3.05) is 6.61 Å². The Bertz CT molecular complexity index is 625. The molecule has 0 unspecified atom stereocenters. The topological polar surface area (TPSA) is 35.0 Å². The van der Waals surface area contributed by atoms with Gasteiger partial charge in [0, 0.05) is 12.4 Å². The highest BCUT2D eigenvalue weighted by molar-refractivity contribution is 5.63. The molecule has 0 saturated carbocycles. The van der Waals surface area contributed by atoms with Gasteiger partial charge in [0.2, 0.25) is 0 Å². The van der Waals surface area contributed by atoms with E-state index in [1.165, 1.54) is 63.4 Å². The molecule has 0 bridgehead atoms. The number of ether oxygens (including phenoxy) is 1. The van der Waals surface area contributed by atoms with Gasteiger partial charge in [-0.15, -0.1) is 0 Å². The van der Waals surface area contributed by atoms with Gasteiger partial charge >= 0.3 is 0 Å². The predicted octanol–water partition coefficient (Wildman–Crippen LogP) is 7.01. The molecule has 3 nitrogen and oxygen atoms in total. The minimum absolute atomic E-state index is 0.756. The van der Waals surface area contributed by atoms with Crippen molar-refractivity contribution in [3.8, 4) is 17.1 Å². The van der Waals surface area contributed by atoms with Gasteiger partial charge in [0.05, 0.1) is 12.2 Å². The van der Waals surface area contributed by atoms with Gasteiger partial charge in [-0.1, -0.05) is 77.3 Å². The molecular formula is C24H36N2O. The van der Waals surface area contributed by atoms with Crippen molar-refractivity contribution in [3.63, 3.8) is 0 Å². The SMILES string of the molecule is CCCCCCCOc1ccccc1-c1ncc(CCCCCCC)cn1. The van der Waals surface area contributed by atoms with Gasteiger partial charge in [0.25, 0.3) is 0 Å². The van der Waals surface area contributed by atoms with Gasteiger partial charge in [-0.2, -0.15) is 0 Å². The number of unbranched alkanes of at least 4 members (excludes halogenated alkanes) is 8. The van der Waals surface area contributed by atoms with E-state index in [-0.39, 0.29) is 0 Å². The maximum absolute atomic E-state index is 6.02. The van der Waals surface area contributed by atoms with Crippen LogP contribution in [0, 0.1) is 0 Å². The zero-order chi connectivity index (χ0) is 19.2. The highest BCUT2D eigenvalue weighted by Crippen LogP contribution is 2.27. The molecule has 0 amide bonds. The zero-order valence-electron chi connectivity index (χ0n) is 17.3. The zero-order valence-corrected chi connectivity index (χ0v) is 17.3. The molecule has 0 radical (unpaired) electrons. The number of para-hydroxylation sites is 1. The fraction of sp³-hybridized carbons (Fsp3) is 0.583. The van der Waals surface area contributed by atoms with E-state index in [9.17, 15) is 0 Å². The Morgan fingerprint density at radius 1 is 0.741 bits per heavy atom. The van der Waals surface area contributed by atoms with Crippen LogP contribution in [0.25, 0.3) is 11.4 Å². The van der Waals surface area contributed by atoms with Crippen molar-refractivity contribution in [1.29, 1.82) is 0 Å². The molecule has 0 saturated heterocycles. The van der Waals surface area contributed by atoms with Crippen LogP contribution in [0.15, 0.2) is 36.7 Å². The maximum atomic E-state index is 6.02. The van der Waals surface area contributed by atoms with Crippen LogP contribution in [0.5, 0.6) is 5.75 Å². The monoisotopic (exact) mass is 368 g/mol. The van der Waals surface area contributed by atoms with Gasteiger partial charge in [-0.05, 0) is 37.0 Å². The third-order valence-corrected chi connectivity index (χ3v) is 4.91. The Morgan fingerprint density at radius 2 is 1.37 bits per heavy atom. The summed E-state index contributed by atoms with van der Waals surface area (Å²) in [7, 11) is 0. The molecule has 0 atom stereocenters. The Kier molecular flexibility index (Phi) is 10.5. The molecule has 0 aliphatic carbocycles. The molecule has 0 fully saturated rings. The summed E-state index contributed by atoms with van der Waals surface area (Å²) in [4.78, 5) is 9.20. The van der Waals surface area contributed by atoms with Crippen molar-refractivity contribution in [2.45, 2.75) is 84.5 Å². The summed E-state index contributed by atoms with van der Waals surface area (Å²) in [6, 6.07) is 8.10. The van der Waals surface area contributed by atoms with Gasteiger partial charge < -0.3 is 4.74 Å². The molecule has 0 aliphatic heterocycles. The minimum Gasteiger partial charge on any atom is -0.493 e. The third kappa shape index (κ3) is 8.11. The van der Waals surface area contributed by atoms with Crippen molar-refractivity contribution in [2.24, 2.45) is 0 Å². The van der Waals surface area contributed by atoms with Crippen LogP contribution in [-0.4, -0.2) is 16.6 Å². The summed E-state index contributed by atoms with van der Waals surface area (Å²) >= 11 is 0. The lowest BCUT2D eigenvalue weighted by Crippen LogP contribution is -2.00. The first-order valence-electron chi connectivity index (χ1n) is 10.9. The number of hydrogen-bond acceptors (Lipinski definition) is 3. The molecule has 0 N–H and O–H groups in total. The molecule has 1 aromatic heterocycles. The van der Waals surface area contributed by atoms with Crippen molar-refractivity contribution < 1.29 is 4.74 Å². The summed E-state index contributed by atoms with van der Waals surface area (Å²) in [6.07, 6.45) is 17.7. The molecular weight excluding hydrogens is 332 g/mol. The van der Waals surface area contributed by atoms with Gasteiger partial charge in [-0.25, -0.2) is 9.97 Å². The van der Waals surface area contributed by atoms with E-state index in [0.717, 1.165) is 36.6 Å². The standard InChI is InChI=1S/C24H36N2O/c1-3-5-7-9-11-15-21-19-25-24(26-20-21)22-16-12-13-17-23(22)27-18-14-10-8-6-4-2/h12-13,16-17,19-20H,3-11,14-15,18H2,1-2H3. The third-order valence-electron chi connectivity index (χ3n) is 4.91. The summed E-state index contributed by atoms with van der Waals surface area (Å²) in [5.74, 6) is 1.65. The van der Waals surface area contributed by atoms with Crippen LogP contribution >= 0.6 is 0 Å². The summed E-state index contributed by atoms with van der Waals surface area (Å²) < 4.78 is 6.02. The number of benzene rings is 1. The smallest absolute Gasteiger partial charge is 0.162 e. The first-order valence-corrected chi connectivity index (χ1v) is 10.9. The summed E-state index contributed by atoms with van der Waals surface area (Å²) in [5.41, 5.74) is 2.21. The Labute approximate surface area is 165 Å². The average Bonchev–Trinajstić information content (AvgIpc) is 2.71. The van der Waals surface area contributed by atoms with Crippen LogP contribution < -0.4 is 4.74 Å². The van der Waals surface area contributed by atoms with Gasteiger partial charge in [0.1, 0.15) is 5.75 Å². The summed E-state index contributed by atoms with van der Waals surface area (Å²) in [5, 5.41) is 0. The second-order valence-corrected chi connectivity index (χ2v) is 7.34. The highest BCUT2D eigenvalue weighted by atomic mass is 16.5. The predicted molar refractivity (Wildman–Crippen MR) is 114 cm³/mol. The number of nitrogens with zero attached hydrogens (tertiary/aromatic N) is 2. The van der Waals surface area contributed by atoms with Crippen molar-refractivity contribution in [1.82, 2.24) is 9.97 Å². The Balaban J connectivity index is 1.86. The molecule has 0 aliphatic rings. The number of rotatable bonds is 14. The summed E-state index contributed by atoms with van der Waals surface area (Å²) in [6.45, 7) is 5.25. The lowest BCUT2D eigenvalue weighted by molar-refractivity contribution is 0.305. The van der Waals surface area contributed by atoms with Gasteiger partial charge in [0.15, 0.2) is 5.82 Å². The molecule has 2 rings (SSSR count). The lowest BCUT2D eigenvalue weighted by atomic mass is 10.1. The average molecular weight is 369 g/mol. The van der Waals surface area contributed by atoms with Crippen LogP contribution in [-0.2, 0) is 6.42 Å². The number of aromatic nitrogens is 2. The first-order chi connectivity index (χ1) is 13.3. The van der Waals surface area contributed by atoms with E-state index in [0.29, 0.717) is 0 Å². The fourth-order valence-corrected chi connectivity index (χ4v) is 3.22. The second kappa shape index (κ2) is 13.3. The first kappa shape index (κ1) is 21.4. The normalized spacial score (nSPS) is 10.9. The molecule has 148 valence electrons. The molecule has 1 aromatic carbocycles. The molecule has 27 heavy (non-hydrogen) atoms. The Hall–Kier alpha value is -1.90. The highest BCUT2D eigenvalue weighted by Gasteiger charge is 2.08. The fourth-order valence-electron chi connectivity index (χ4n) is 3.22. The second-order valence-electron chi connectivity index (χ2n) is 7.34.